The summed E-state index contributed by atoms with van der Waals surface area (Å²) in [6.07, 6.45) is 11.3. The molecule has 7 heteroatoms. The molecule has 0 radical (unpaired) electrons. The number of rotatable bonds is 9. The van der Waals surface area contributed by atoms with Gasteiger partial charge in [-0.05, 0) is 50.2 Å². The molecule has 6 nitrogen and oxygen atoms in total. The van der Waals surface area contributed by atoms with E-state index < -0.39 is 0 Å². The highest BCUT2D eigenvalue weighted by molar-refractivity contribution is 14.0. The molecule has 0 saturated heterocycles. The Hall–Kier alpha value is -1.35. The number of ether oxygens (including phenoxy) is 1. The van der Waals surface area contributed by atoms with Crippen LogP contribution in [0, 0.1) is 12.3 Å². The van der Waals surface area contributed by atoms with E-state index in [1.165, 1.54) is 31.2 Å². The average molecular weight is 513 g/mol. The second-order valence-corrected chi connectivity index (χ2v) is 7.98. The van der Waals surface area contributed by atoms with Gasteiger partial charge in [-0.15, -0.1) is 24.0 Å². The number of aliphatic imine (C=N–C) groups is 1. The van der Waals surface area contributed by atoms with Crippen LogP contribution in [0.25, 0.3) is 5.65 Å². The number of pyridine rings is 1. The Bertz CT molecular complexity index is 783. The number of aryl methyl sites for hydroxylation is 1. The molecule has 29 heavy (non-hydrogen) atoms. The minimum atomic E-state index is 0. The molecule has 1 saturated carbocycles. The standard InChI is InChI=1S/C22H35N5O.HI/c1-4-23-21(25-17-22(12-15-28-3)10-5-6-11-22)24-13-9-19-16-27-14-7-8-18(2)20(27)26-19;/h7-8,14,16H,4-6,9-13,15,17H2,1-3H3,(H2,23,24,25);1H. The monoisotopic (exact) mass is 513 g/mol. The van der Waals surface area contributed by atoms with Crippen LogP contribution in [0.4, 0.5) is 0 Å². The molecule has 2 heterocycles. The van der Waals surface area contributed by atoms with E-state index in [2.05, 4.69) is 53.4 Å². The highest BCUT2D eigenvalue weighted by Crippen LogP contribution is 2.41. The highest BCUT2D eigenvalue weighted by Gasteiger charge is 2.33. The van der Waals surface area contributed by atoms with E-state index in [0.29, 0.717) is 5.41 Å². The second kappa shape index (κ2) is 11.7. The number of hydrogen-bond acceptors (Lipinski definition) is 3. The van der Waals surface area contributed by atoms with Crippen molar-refractivity contribution in [2.45, 2.75) is 52.4 Å². The number of methoxy groups -OCH3 is 1. The molecule has 0 unspecified atom stereocenters. The summed E-state index contributed by atoms with van der Waals surface area (Å²) in [7, 11) is 1.79. The molecule has 162 valence electrons. The Balaban J connectivity index is 0.00000300. The molecule has 1 aliphatic rings. The lowest BCUT2D eigenvalue weighted by molar-refractivity contribution is 0.141. The molecular weight excluding hydrogens is 477 g/mol. The molecule has 0 spiro atoms. The van der Waals surface area contributed by atoms with E-state index in [1.54, 1.807) is 7.11 Å². The number of hydrogen-bond donors (Lipinski definition) is 2. The van der Waals surface area contributed by atoms with Gasteiger partial charge in [-0.25, -0.2) is 4.98 Å². The van der Waals surface area contributed by atoms with Gasteiger partial charge < -0.3 is 19.8 Å². The predicted octanol–water partition coefficient (Wildman–Crippen LogP) is 3.96. The first-order valence-corrected chi connectivity index (χ1v) is 10.6. The number of imidazole rings is 1. The largest absolute Gasteiger partial charge is 0.385 e. The van der Waals surface area contributed by atoms with Crippen LogP contribution in [0.2, 0.25) is 0 Å². The Morgan fingerprint density at radius 2 is 2.10 bits per heavy atom. The zero-order valence-corrected chi connectivity index (χ0v) is 20.4. The average Bonchev–Trinajstić information content (AvgIpc) is 3.33. The van der Waals surface area contributed by atoms with Gasteiger partial charge in [0, 0.05) is 52.2 Å². The highest BCUT2D eigenvalue weighted by atomic mass is 127. The van der Waals surface area contributed by atoms with Crippen molar-refractivity contribution in [1.29, 1.82) is 0 Å². The third kappa shape index (κ3) is 6.57. The van der Waals surface area contributed by atoms with Crippen molar-refractivity contribution in [2.75, 3.05) is 33.4 Å². The smallest absolute Gasteiger partial charge is 0.191 e. The summed E-state index contributed by atoms with van der Waals surface area (Å²) in [5.74, 6) is 0.908. The van der Waals surface area contributed by atoms with Gasteiger partial charge in [0.15, 0.2) is 5.96 Å². The molecule has 1 fully saturated rings. The maximum Gasteiger partial charge on any atom is 0.191 e. The van der Waals surface area contributed by atoms with E-state index in [0.717, 1.165) is 56.4 Å². The summed E-state index contributed by atoms with van der Waals surface area (Å²) in [5, 5.41) is 6.87. The maximum absolute atomic E-state index is 5.34. The lowest BCUT2D eigenvalue weighted by Gasteiger charge is -2.27. The topological polar surface area (TPSA) is 63.0 Å². The maximum atomic E-state index is 5.34. The van der Waals surface area contributed by atoms with Crippen LogP contribution >= 0.6 is 24.0 Å². The number of aromatic nitrogens is 2. The number of halogens is 1. The quantitative estimate of drug-likeness (QED) is 0.303. The van der Waals surface area contributed by atoms with E-state index in [1.807, 2.05) is 0 Å². The Kier molecular flexibility index (Phi) is 9.68. The van der Waals surface area contributed by atoms with Crippen LogP contribution in [0.5, 0.6) is 0 Å². The van der Waals surface area contributed by atoms with Gasteiger partial charge in [0.05, 0.1) is 5.69 Å². The second-order valence-electron chi connectivity index (χ2n) is 7.98. The molecule has 2 N–H and O–H groups in total. The normalized spacial score (nSPS) is 16.0. The molecule has 0 bridgehead atoms. The zero-order chi connectivity index (χ0) is 19.8. The fraction of sp³-hybridized carbons (Fsp3) is 0.636. The van der Waals surface area contributed by atoms with Crippen LogP contribution in [0.15, 0.2) is 29.5 Å². The summed E-state index contributed by atoms with van der Waals surface area (Å²) in [6, 6.07) is 4.16. The fourth-order valence-corrected chi connectivity index (χ4v) is 4.15. The number of nitrogens with one attached hydrogen (secondary N) is 2. The van der Waals surface area contributed by atoms with Gasteiger partial charge in [-0.2, -0.15) is 0 Å². The number of guanidine groups is 1. The van der Waals surface area contributed by atoms with Crippen LogP contribution in [0.1, 0.15) is 50.3 Å². The summed E-state index contributed by atoms with van der Waals surface area (Å²) in [4.78, 5) is 9.68. The predicted molar refractivity (Wildman–Crippen MR) is 130 cm³/mol. The third-order valence-corrected chi connectivity index (χ3v) is 5.82. The van der Waals surface area contributed by atoms with E-state index in [-0.39, 0.29) is 24.0 Å². The van der Waals surface area contributed by atoms with Crippen LogP contribution in [-0.4, -0.2) is 48.7 Å². The number of nitrogens with zero attached hydrogens (tertiary/aromatic N) is 3. The molecule has 1 aliphatic carbocycles. The molecule has 2 aromatic rings. The summed E-state index contributed by atoms with van der Waals surface area (Å²) in [5.41, 5.74) is 3.66. The van der Waals surface area contributed by atoms with E-state index in [4.69, 9.17) is 14.7 Å². The minimum Gasteiger partial charge on any atom is -0.385 e. The molecule has 0 aromatic carbocycles. The van der Waals surface area contributed by atoms with Gasteiger partial charge >= 0.3 is 0 Å². The van der Waals surface area contributed by atoms with Crippen molar-refractivity contribution in [3.8, 4) is 0 Å². The molecule has 0 aliphatic heterocycles. The first kappa shape index (κ1) is 23.9. The van der Waals surface area contributed by atoms with E-state index in [9.17, 15) is 0 Å². The Morgan fingerprint density at radius 3 is 2.79 bits per heavy atom. The van der Waals surface area contributed by atoms with Crippen LogP contribution in [-0.2, 0) is 11.2 Å². The molecule has 0 amide bonds. The molecule has 3 rings (SSSR count). The first-order chi connectivity index (χ1) is 13.7. The first-order valence-electron chi connectivity index (χ1n) is 10.6. The van der Waals surface area contributed by atoms with Crippen molar-refractivity contribution in [2.24, 2.45) is 10.4 Å². The lowest BCUT2D eigenvalue weighted by Crippen LogP contribution is -2.39. The van der Waals surface area contributed by atoms with Crippen molar-refractivity contribution >= 4 is 35.6 Å². The summed E-state index contributed by atoms with van der Waals surface area (Å²) >= 11 is 0. The fourth-order valence-electron chi connectivity index (χ4n) is 4.15. The Labute approximate surface area is 191 Å². The Morgan fingerprint density at radius 1 is 1.31 bits per heavy atom. The van der Waals surface area contributed by atoms with Crippen molar-refractivity contribution < 1.29 is 4.74 Å². The molecular formula is C22H36IN5O. The molecule has 2 aromatic heterocycles. The van der Waals surface area contributed by atoms with Crippen molar-refractivity contribution in [1.82, 2.24) is 20.0 Å². The van der Waals surface area contributed by atoms with Gasteiger partial charge in [0.25, 0.3) is 0 Å². The van der Waals surface area contributed by atoms with Crippen LogP contribution < -0.4 is 10.6 Å². The van der Waals surface area contributed by atoms with Gasteiger partial charge in [-0.3, -0.25) is 4.99 Å². The van der Waals surface area contributed by atoms with Gasteiger partial charge in [0.1, 0.15) is 5.65 Å². The zero-order valence-electron chi connectivity index (χ0n) is 18.0. The minimum absolute atomic E-state index is 0. The van der Waals surface area contributed by atoms with E-state index >= 15 is 0 Å². The lowest BCUT2D eigenvalue weighted by atomic mass is 9.83. The summed E-state index contributed by atoms with van der Waals surface area (Å²) < 4.78 is 7.44. The third-order valence-electron chi connectivity index (χ3n) is 5.82. The summed E-state index contributed by atoms with van der Waals surface area (Å²) in [6.45, 7) is 7.59. The van der Waals surface area contributed by atoms with Gasteiger partial charge in [-0.1, -0.05) is 18.9 Å². The SMILES string of the molecule is CCNC(=NCC1(CCOC)CCCC1)NCCc1cn2cccc(C)c2n1.I. The van der Waals surface area contributed by atoms with Crippen molar-refractivity contribution in [3.05, 3.63) is 35.8 Å². The van der Waals surface area contributed by atoms with Crippen LogP contribution in [0.3, 0.4) is 0 Å². The van der Waals surface area contributed by atoms with Gasteiger partial charge in [0.2, 0.25) is 0 Å². The number of fused-ring (bicyclic) bond motifs is 1. The van der Waals surface area contributed by atoms with Crippen molar-refractivity contribution in [3.63, 3.8) is 0 Å². The molecule has 0 atom stereocenters.